The number of halogens is 1. The van der Waals surface area contributed by atoms with Crippen molar-refractivity contribution in [3.63, 3.8) is 0 Å². The minimum absolute atomic E-state index is 0.000937. The van der Waals surface area contributed by atoms with Crippen LogP contribution in [0.3, 0.4) is 0 Å². The number of aliphatic hydroxyl groups is 1. The molecule has 0 aromatic heterocycles. The summed E-state index contributed by atoms with van der Waals surface area (Å²) in [5, 5.41) is 12.0. The summed E-state index contributed by atoms with van der Waals surface area (Å²) < 4.78 is 19.0. The molecule has 0 fully saturated rings. The summed E-state index contributed by atoms with van der Waals surface area (Å²) >= 11 is 0. The Labute approximate surface area is 112 Å². The fourth-order valence-corrected chi connectivity index (χ4v) is 1.52. The lowest BCUT2D eigenvalue weighted by molar-refractivity contribution is -0.127. The van der Waals surface area contributed by atoms with Crippen LogP contribution in [-0.4, -0.2) is 23.2 Å². The Balaban J connectivity index is 2.74. The highest BCUT2D eigenvalue weighted by Crippen LogP contribution is 2.22. The van der Waals surface area contributed by atoms with E-state index in [1.54, 1.807) is 19.9 Å². The molecule has 1 rings (SSSR count). The standard InChI is InChI=1S/C14H20FNO3/c1-8(2)16-14(18)10(4)19-13-6-5-11(9(3)17)7-12(13)15/h5-10,17H,1-4H3,(H,16,18)/t9-,10?/m0/s1. The van der Waals surface area contributed by atoms with E-state index in [2.05, 4.69) is 5.32 Å². The van der Waals surface area contributed by atoms with Gasteiger partial charge in [0.25, 0.3) is 5.91 Å². The van der Waals surface area contributed by atoms with Crippen molar-refractivity contribution in [2.24, 2.45) is 0 Å². The molecule has 1 unspecified atom stereocenters. The maximum absolute atomic E-state index is 13.7. The first-order valence-electron chi connectivity index (χ1n) is 6.25. The number of nitrogens with one attached hydrogen (secondary N) is 1. The lowest BCUT2D eigenvalue weighted by Gasteiger charge is -2.17. The minimum atomic E-state index is -0.783. The van der Waals surface area contributed by atoms with Gasteiger partial charge in [0.1, 0.15) is 0 Å². The molecule has 1 amide bonds. The largest absolute Gasteiger partial charge is 0.478 e. The van der Waals surface area contributed by atoms with Crippen LogP contribution in [0.25, 0.3) is 0 Å². The van der Waals surface area contributed by atoms with Gasteiger partial charge in [0.2, 0.25) is 0 Å². The number of rotatable bonds is 5. The molecule has 19 heavy (non-hydrogen) atoms. The predicted molar refractivity (Wildman–Crippen MR) is 70.4 cm³/mol. The average Bonchev–Trinajstić information content (AvgIpc) is 2.30. The Kier molecular flexibility index (Phi) is 5.30. The fraction of sp³-hybridized carbons (Fsp3) is 0.500. The Hall–Kier alpha value is -1.62. The number of carbonyl (C=O) groups is 1. The maximum atomic E-state index is 13.7. The van der Waals surface area contributed by atoms with Gasteiger partial charge in [-0.3, -0.25) is 4.79 Å². The quantitative estimate of drug-likeness (QED) is 0.861. The molecule has 2 atom stereocenters. The zero-order chi connectivity index (χ0) is 14.6. The average molecular weight is 269 g/mol. The smallest absolute Gasteiger partial charge is 0.260 e. The van der Waals surface area contributed by atoms with Crippen molar-refractivity contribution in [1.82, 2.24) is 5.32 Å². The molecule has 0 spiro atoms. The number of hydrogen-bond acceptors (Lipinski definition) is 3. The third-order valence-electron chi connectivity index (χ3n) is 2.54. The molecule has 1 aromatic rings. The van der Waals surface area contributed by atoms with Crippen molar-refractivity contribution in [2.45, 2.75) is 45.9 Å². The van der Waals surface area contributed by atoms with Crippen LogP contribution < -0.4 is 10.1 Å². The first-order valence-corrected chi connectivity index (χ1v) is 6.25. The van der Waals surface area contributed by atoms with Crippen LogP contribution in [0.5, 0.6) is 5.75 Å². The Bertz CT molecular complexity index is 446. The minimum Gasteiger partial charge on any atom is -0.478 e. The summed E-state index contributed by atoms with van der Waals surface area (Å²) in [5.74, 6) is -0.896. The van der Waals surface area contributed by atoms with Crippen molar-refractivity contribution in [3.8, 4) is 5.75 Å². The van der Waals surface area contributed by atoms with E-state index in [4.69, 9.17) is 4.74 Å². The number of hydrogen-bond donors (Lipinski definition) is 2. The molecule has 1 aromatic carbocycles. The van der Waals surface area contributed by atoms with Crippen LogP contribution in [0.15, 0.2) is 18.2 Å². The summed E-state index contributed by atoms with van der Waals surface area (Å²) in [7, 11) is 0. The van der Waals surface area contributed by atoms with Crippen molar-refractivity contribution < 1.29 is 19.0 Å². The normalized spacial score (nSPS) is 14.1. The monoisotopic (exact) mass is 269 g/mol. The first kappa shape index (κ1) is 15.4. The summed E-state index contributed by atoms with van der Waals surface area (Å²) in [4.78, 5) is 11.6. The molecule has 0 heterocycles. The number of ether oxygens (including phenoxy) is 1. The van der Waals surface area contributed by atoms with Crippen LogP contribution in [-0.2, 0) is 4.79 Å². The highest BCUT2D eigenvalue weighted by molar-refractivity contribution is 5.80. The van der Waals surface area contributed by atoms with E-state index in [9.17, 15) is 14.3 Å². The second-order valence-corrected chi connectivity index (χ2v) is 4.79. The molecule has 106 valence electrons. The van der Waals surface area contributed by atoms with E-state index in [1.165, 1.54) is 12.1 Å². The van der Waals surface area contributed by atoms with E-state index < -0.39 is 18.0 Å². The SMILES string of the molecule is CC(C)NC(=O)C(C)Oc1ccc([C@H](C)O)cc1F. The molecule has 5 heteroatoms. The molecule has 0 aliphatic heterocycles. The van der Waals surface area contributed by atoms with Crippen LogP contribution in [0.1, 0.15) is 39.4 Å². The van der Waals surface area contributed by atoms with E-state index in [0.717, 1.165) is 0 Å². The lowest BCUT2D eigenvalue weighted by atomic mass is 10.1. The number of aliphatic hydroxyl groups excluding tert-OH is 1. The van der Waals surface area contributed by atoms with Crippen LogP contribution in [0.2, 0.25) is 0 Å². The topological polar surface area (TPSA) is 58.6 Å². The molecule has 4 nitrogen and oxygen atoms in total. The Morgan fingerprint density at radius 1 is 1.32 bits per heavy atom. The van der Waals surface area contributed by atoms with Crippen LogP contribution >= 0.6 is 0 Å². The third-order valence-corrected chi connectivity index (χ3v) is 2.54. The predicted octanol–water partition coefficient (Wildman–Crippen LogP) is 2.17. The highest BCUT2D eigenvalue weighted by atomic mass is 19.1. The zero-order valence-corrected chi connectivity index (χ0v) is 11.6. The van der Waals surface area contributed by atoms with Gasteiger partial charge in [-0.1, -0.05) is 6.07 Å². The molecule has 0 bridgehead atoms. The van der Waals surface area contributed by atoms with Gasteiger partial charge in [0.05, 0.1) is 6.10 Å². The molecule has 0 radical (unpaired) electrons. The fourth-order valence-electron chi connectivity index (χ4n) is 1.52. The summed E-state index contributed by atoms with van der Waals surface area (Å²) in [6.45, 7) is 6.78. The van der Waals surface area contributed by atoms with E-state index in [0.29, 0.717) is 5.56 Å². The van der Waals surface area contributed by atoms with E-state index >= 15 is 0 Å². The maximum Gasteiger partial charge on any atom is 0.260 e. The summed E-state index contributed by atoms with van der Waals surface area (Å²) in [6, 6.07) is 4.18. The summed E-state index contributed by atoms with van der Waals surface area (Å²) in [6.07, 6.45) is -1.53. The van der Waals surface area contributed by atoms with Crippen LogP contribution in [0.4, 0.5) is 4.39 Å². The van der Waals surface area contributed by atoms with Gasteiger partial charge in [0, 0.05) is 6.04 Å². The van der Waals surface area contributed by atoms with Gasteiger partial charge in [-0.05, 0) is 45.4 Å². The van der Waals surface area contributed by atoms with Gasteiger partial charge >= 0.3 is 0 Å². The van der Waals surface area contributed by atoms with Crippen molar-refractivity contribution in [3.05, 3.63) is 29.6 Å². The van der Waals surface area contributed by atoms with Gasteiger partial charge in [-0.2, -0.15) is 0 Å². The molecule has 0 saturated carbocycles. The molecule has 0 aliphatic carbocycles. The second kappa shape index (κ2) is 6.52. The Morgan fingerprint density at radius 3 is 2.42 bits per heavy atom. The van der Waals surface area contributed by atoms with Gasteiger partial charge in [0.15, 0.2) is 17.7 Å². The van der Waals surface area contributed by atoms with Gasteiger partial charge < -0.3 is 15.2 Å². The zero-order valence-electron chi connectivity index (χ0n) is 11.6. The second-order valence-electron chi connectivity index (χ2n) is 4.79. The summed E-state index contributed by atoms with van der Waals surface area (Å²) in [5.41, 5.74) is 0.462. The molecule has 0 saturated heterocycles. The van der Waals surface area contributed by atoms with Crippen molar-refractivity contribution >= 4 is 5.91 Å². The van der Waals surface area contributed by atoms with Crippen molar-refractivity contribution in [1.29, 1.82) is 0 Å². The van der Waals surface area contributed by atoms with Gasteiger partial charge in [-0.15, -0.1) is 0 Å². The molecular formula is C14H20FNO3. The third kappa shape index (κ3) is 4.52. The van der Waals surface area contributed by atoms with Gasteiger partial charge in [-0.25, -0.2) is 4.39 Å². The molecule has 2 N–H and O–H groups in total. The van der Waals surface area contributed by atoms with Crippen molar-refractivity contribution in [2.75, 3.05) is 0 Å². The first-order chi connectivity index (χ1) is 8.81. The number of carbonyl (C=O) groups excluding carboxylic acids is 1. The highest BCUT2D eigenvalue weighted by Gasteiger charge is 2.17. The Morgan fingerprint density at radius 2 is 1.95 bits per heavy atom. The molecular weight excluding hydrogens is 249 g/mol. The van der Waals surface area contributed by atoms with Crippen LogP contribution in [0, 0.1) is 5.82 Å². The number of benzene rings is 1. The lowest BCUT2D eigenvalue weighted by Crippen LogP contribution is -2.40. The molecule has 0 aliphatic rings. The van der Waals surface area contributed by atoms with E-state index in [1.807, 2.05) is 13.8 Å². The van der Waals surface area contributed by atoms with E-state index in [-0.39, 0.29) is 17.7 Å². The number of amides is 1.